The summed E-state index contributed by atoms with van der Waals surface area (Å²) in [5, 5.41) is 11.3. The van der Waals surface area contributed by atoms with Crippen LogP contribution >= 0.6 is 0 Å². The third kappa shape index (κ3) is 5.55. The summed E-state index contributed by atoms with van der Waals surface area (Å²) in [6, 6.07) is 5.23. The predicted molar refractivity (Wildman–Crippen MR) is 80.3 cm³/mol. The highest BCUT2D eigenvalue weighted by Gasteiger charge is 2.21. The van der Waals surface area contributed by atoms with E-state index in [-0.39, 0.29) is 19.3 Å². The van der Waals surface area contributed by atoms with Gasteiger partial charge in [-0.05, 0) is 25.0 Å². The number of hydrogen-bond acceptors (Lipinski definition) is 4. The first-order valence-corrected chi connectivity index (χ1v) is 6.98. The van der Waals surface area contributed by atoms with Gasteiger partial charge < -0.3 is 15.2 Å². The number of carbonyl (C=O) groups is 3. The smallest absolute Gasteiger partial charge is 0.307 e. The van der Waals surface area contributed by atoms with Crippen molar-refractivity contribution in [2.45, 2.75) is 39.2 Å². The molecule has 0 saturated heterocycles. The molecule has 2 N–H and O–H groups in total. The summed E-state index contributed by atoms with van der Waals surface area (Å²) in [4.78, 5) is 34.0. The van der Waals surface area contributed by atoms with Crippen LogP contribution in [-0.4, -0.2) is 30.1 Å². The molecule has 1 aromatic carbocycles. The zero-order valence-corrected chi connectivity index (χ0v) is 13.0. The Hall–Kier alpha value is -2.37. The Labute approximate surface area is 129 Å². The number of esters is 1. The minimum Gasteiger partial charge on any atom is -0.481 e. The van der Waals surface area contributed by atoms with Gasteiger partial charge in [-0.2, -0.15) is 0 Å². The number of aliphatic carboxylic acids is 1. The fourth-order valence-electron chi connectivity index (χ4n) is 2.11. The molecule has 0 radical (unpaired) electrons. The lowest BCUT2D eigenvalue weighted by Gasteiger charge is -2.20. The maximum Gasteiger partial charge on any atom is 0.307 e. The molecule has 0 saturated carbocycles. The van der Waals surface area contributed by atoms with Crippen molar-refractivity contribution in [3.8, 4) is 0 Å². The first kappa shape index (κ1) is 17.7. The molecule has 0 aliphatic heterocycles. The van der Waals surface area contributed by atoms with Crippen LogP contribution in [0, 0.1) is 13.8 Å². The van der Waals surface area contributed by atoms with Crippen molar-refractivity contribution in [2.75, 3.05) is 7.11 Å². The summed E-state index contributed by atoms with van der Waals surface area (Å²) in [6.07, 6.45) is -0.374. The van der Waals surface area contributed by atoms with Crippen LogP contribution < -0.4 is 5.32 Å². The van der Waals surface area contributed by atoms with E-state index in [9.17, 15) is 14.4 Å². The molecule has 6 heteroatoms. The molecule has 1 aromatic rings. The van der Waals surface area contributed by atoms with Crippen LogP contribution in [-0.2, 0) is 19.1 Å². The number of benzene rings is 1. The fraction of sp³-hybridized carbons (Fsp3) is 0.438. The number of nitrogens with one attached hydrogen (secondary N) is 1. The van der Waals surface area contributed by atoms with Crippen LogP contribution in [0.15, 0.2) is 18.2 Å². The molecule has 0 aliphatic carbocycles. The zero-order valence-electron chi connectivity index (χ0n) is 13.0. The Morgan fingerprint density at radius 3 is 2.50 bits per heavy atom. The maximum atomic E-state index is 11.9. The first-order valence-electron chi connectivity index (χ1n) is 6.98. The van der Waals surface area contributed by atoms with Gasteiger partial charge in [0.1, 0.15) is 0 Å². The third-order valence-electron chi connectivity index (χ3n) is 3.31. The van der Waals surface area contributed by atoms with Gasteiger partial charge in [0, 0.05) is 6.42 Å². The molecule has 0 aliphatic rings. The van der Waals surface area contributed by atoms with Gasteiger partial charge in [-0.15, -0.1) is 0 Å². The molecule has 0 bridgehead atoms. The summed E-state index contributed by atoms with van der Waals surface area (Å²) in [5.74, 6) is -1.88. The van der Waals surface area contributed by atoms with Gasteiger partial charge >= 0.3 is 11.9 Å². The molecule has 0 unspecified atom stereocenters. The van der Waals surface area contributed by atoms with Gasteiger partial charge in [-0.3, -0.25) is 14.4 Å². The number of rotatable bonds is 7. The van der Waals surface area contributed by atoms with Crippen LogP contribution in [0.4, 0.5) is 0 Å². The molecule has 120 valence electrons. The number of aryl methyl sites for hydroxylation is 2. The number of ether oxygens (including phenoxy) is 1. The number of amides is 1. The topological polar surface area (TPSA) is 92.7 Å². The largest absolute Gasteiger partial charge is 0.481 e. The van der Waals surface area contributed by atoms with Crippen molar-refractivity contribution in [1.82, 2.24) is 5.32 Å². The third-order valence-corrected chi connectivity index (χ3v) is 3.31. The standard InChI is InChI=1S/C16H21NO5/c1-10-4-5-11(2)12(8-10)13(9-16(21)22-3)17-14(18)6-7-15(19)20/h4-5,8,13H,6-7,9H2,1-3H3,(H,17,18)(H,19,20)/t13-/m1/s1. The predicted octanol–water partition coefficient (Wildman–Crippen LogP) is 1.89. The van der Waals surface area contributed by atoms with Crippen LogP contribution in [0.2, 0.25) is 0 Å². The summed E-state index contributed by atoms with van der Waals surface area (Å²) in [5.41, 5.74) is 2.78. The average molecular weight is 307 g/mol. The van der Waals surface area contributed by atoms with Crippen molar-refractivity contribution in [1.29, 1.82) is 0 Å². The summed E-state index contributed by atoms with van der Waals surface area (Å²) in [6.45, 7) is 3.81. The first-order chi connectivity index (χ1) is 10.3. The molecular weight excluding hydrogens is 286 g/mol. The normalized spacial score (nSPS) is 11.6. The van der Waals surface area contributed by atoms with Gasteiger partial charge in [0.25, 0.3) is 0 Å². The lowest BCUT2D eigenvalue weighted by Crippen LogP contribution is -2.31. The van der Waals surface area contributed by atoms with Crippen LogP contribution in [0.1, 0.15) is 42.0 Å². The van der Waals surface area contributed by atoms with Gasteiger partial charge in [0.05, 0.1) is 26.0 Å². The van der Waals surface area contributed by atoms with E-state index in [1.165, 1.54) is 7.11 Å². The van der Waals surface area contributed by atoms with Crippen LogP contribution in [0.25, 0.3) is 0 Å². The van der Waals surface area contributed by atoms with E-state index in [0.717, 1.165) is 16.7 Å². The van der Waals surface area contributed by atoms with E-state index >= 15 is 0 Å². The summed E-state index contributed by atoms with van der Waals surface area (Å²) < 4.78 is 4.67. The lowest BCUT2D eigenvalue weighted by atomic mass is 9.96. The van der Waals surface area contributed by atoms with E-state index in [4.69, 9.17) is 5.11 Å². The second kappa shape index (κ2) is 8.17. The Kier molecular flexibility index (Phi) is 6.56. The maximum absolute atomic E-state index is 11.9. The van der Waals surface area contributed by atoms with E-state index in [0.29, 0.717) is 0 Å². The minimum absolute atomic E-state index is 0.000392. The minimum atomic E-state index is -1.04. The molecule has 6 nitrogen and oxygen atoms in total. The second-order valence-electron chi connectivity index (χ2n) is 5.15. The zero-order chi connectivity index (χ0) is 16.7. The monoisotopic (exact) mass is 307 g/mol. The Balaban J connectivity index is 2.92. The number of methoxy groups -OCH3 is 1. The number of carboxylic acids is 1. The highest BCUT2D eigenvalue weighted by Crippen LogP contribution is 2.23. The number of carboxylic acid groups (broad SMARTS) is 1. The van der Waals surface area contributed by atoms with Crippen LogP contribution in [0.3, 0.4) is 0 Å². The van der Waals surface area contributed by atoms with Gasteiger partial charge in [0.2, 0.25) is 5.91 Å². The fourth-order valence-corrected chi connectivity index (χ4v) is 2.11. The molecule has 0 fully saturated rings. The van der Waals surface area contributed by atoms with Crippen LogP contribution in [0.5, 0.6) is 0 Å². The second-order valence-corrected chi connectivity index (χ2v) is 5.15. The molecule has 1 atom stereocenters. The van der Waals surface area contributed by atoms with E-state index < -0.39 is 23.9 Å². The quantitative estimate of drug-likeness (QED) is 0.750. The highest BCUT2D eigenvalue weighted by molar-refractivity contribution is 5.81. The Morgan fingerprint density at radius 1 is 1.23 bits per heavy atom. The summed E-state index contributed by atoms with van der Waals surface area (Å²) >= 11 is 0. The van der Waals surface area contributed by atoms with Gasteiger partial charge in [-0.25, -0.2) is 0 Å². The molecule has 0 heterocycles. The molecule has 1 rings (SSSR count). The van der Waals surface area contributed by atoms with Gasteiger partial charge in [-0.1, -0.05) is 23.8 Å². The lowest BCUT2D eigenvalue weighted by molar-refractivity contribution is -0.142. The number of hydrogen-bond donors (Lipinski definition) is 2. The van der Waals surface area contributed by atoms with Crippen molar-refractivity contribution < 1.29 is 24.2 Å². The molecule has 0 aromatic heterocycles. The SMILES string of the molecule is COC(=O)C[C@@H](NC(=O)CCC(=O)O)c1cc(C)ccc1C. The Bertz CT molecular complexity index is 568. The molecule has 22 heavy (non-hydrogen) atoms. The van der Waals surface area contributed by atoms with Crippen molar-refractivity contribution >= 4 is 17.8 Å². The van der Waals surface area contributed by atoms with E-state index in [2.05, 4.69) is 10.1 Å². The van der Waals surface area contributed by atoms with E-state index in [1.807, 2.05) is 32.0 Å². The van der Waals surface area contributed by atoms with E-state index in [1.54, 1.807) is 0 Å². The van der Waals surface area contributed by atoms with Gasteiger partial charge in [0.15, 0.2) is 0 Å². The Morgan fingerprint density at radius 2 is 1.91 bits per heavy atom. The highest BCUT2D eigenvalue weighted by atomic mass is 16.5. The average Bonchev–Trinajstić information content (AvgIpc) is 2.46. The van der Waals surface area contributed by atoms with Crippen molar-refractivity contribution in [3.63, 3.8) is 0 Å². The summed E-state index contributed by atoms with van der Waals surface area (Å²) in [7, 11) is 1.29. The van der Waals surface area contributed by atoms with Crippen molar-refractivity contribution in [2.24, 2.45) is 0 Å². The molecule has 1 amide bonds. The molecular formula is C16H21NO5. The number of carbonyl (C=O) groups excluding carboxylic acids is 2. The van der Waals surface area contributed by atoms with Crippen molar-refractivity contribution in [3.05, 3.63) is 34.9 Å². The molecule has 0 spiro atoms.